The van der Waals surface area contributed by atoms with Crippen LogP contribution < -0.4 is 10.2 Å². The molecular formula is C23H26FN3O3. The molecule has 2 aliphatic rings. The molecule has 158 valence electrons. The maximum Gasteiger partial charge on any atom is 0.259 e. The average Bonchev–Trinajstić information content (AvgIpc) is 3.04. The van der Waals surface area contributed by atoms with Crippen LogP contribution in [0.25, 0.3) is 10.8 Å². The van der Waals surface area contributed by atoms with Crippen molar-refractivity contribution in [2.75, 3.05) is 32.1 Å². The van der Waals surface area contributed by atoms with E-state index in [1.54, 1.807) is 24.3 Å². The predicted octanol–water partition coefficient (Wildman–Crippen LogP) is 2.78. The van der Waals surface area contributed by atoms with Gasteiger partial charge in [0, 0.05) is 37.5 Å². The minimum atomic E-state index is -1.44. The maximum absolute atomic E-state index is 15.9. The number of piperidine rings is 1. The number of halogens is 1. The van der Waals surface area contributed by atoms with Crippen LogP contribution in [-0.4, -0.2) is 56.2 Å². The molecule has 30 heavy (non-hydrogen) atoms. The monoisotopic (exact) mass is 411 g/mol. The lowest BCUT2D eigenvalue weighted by atomic mass is 9.83. The molecule has 1 N–H and O–H groups in total. The molecule has 2 aromatic rings. The van der Waals surface area contributed by atoms with Crippen molar-refractivity contribution in [3.63, 3.8) is 0 Å². The normalized spacial score (nSPS) is 19.2. The Labute approximate surface area is 175 Å². The third-order valence-corrected chi connectivity index (χ3v) is 6.42. The summed E-state index contributed by atoms with van der Waals surface area (Å²) in [5.41, 5.74) is 0.259. The molecule has 6 nitrogen and oxygen atoms in total. The number of nitrogens with zero attached hydrogens (tertiary/aromatic N) is 2. The molecule has 0 radical (unpaired) electrons. The molecule has 2 aromatic carbocycles. The van der Waals surface area contributed by atoms with Crippen molar-refractivity contribution < 1.29 is 18.8 Å². The van der Waals surface area contributed by atoms with E-state index in [-0.39, 0.29) is 24.7 Å². The highest BCUT2D eigenvalue weighted by Gasteiger charge is 2.40. The Morgan fingerprint density at radius 3 is 2.67 bits per heavy atom. The molecule has 0 aromatic heterocycles. The number of alkyl halides is 1. The van der Waals surface area contributed by atoms with Crippen LogP contribution in [0.1, 0.15) is 41.6 Å². The van der Waals surface area contributed by atoms with E-state index in [2.05, 4.69) is 10.2 Å². The van der Waals surface area contributed by atoms with Gasteiger partial charge in [0.1, 0.15) is 12.0 Å². The summed E-state index contributed by atoms with van der Waals surface area (Å²) in [6.07, 6.45) is 1.89. The minimum absolute atomic E-state index is 0.141. The van der Waals surface area contributed by atoms with Crippen molar-refractivity contribution in [1.82, 2.24) is 10.2 Å². The summed E-state index contributed by atoms with van der Waals surface area (Å²) in [5, 5.41) is 3.95. The second-order valence-corrected chi connectivity index (χ2v) is 8.22. The van der Waals surface area contributed by atoms with E-state index >= 15 is 4.39 Å². The molecule has 1 unspecified atom stereocenters. The second-order valence-electron chi connectivity index (χ2n) is 8.22. The van der Waals surface area contributed by atoms with Gasteiger partial charge in [-0.2, -0.15) is 0 Å². The Morgan fingerprint density at radius 1 is 1.27 bits per heavy atom. The number of aldehydes is 1. The second kappa shape index (κ2) is 7.80. The zero-order chi connectivity index (χ0) is 21.5. The first-order valence-electron chi connectivity index (χ1n) is 10.3. The molecule has 4 rings (SSSR count). The Balaban J connectivity index is 1.76. The van der Waals surface area contributed by atoms with E-state index < -0.39 is 11.7 Å². The summed E-state index contributed by atoms with van der Waals surface area (Å²) in [7, 11) is 3.52. The van der Waals surface area contributed by atoms with E-state index in [1.807, 2.05) is 13.1 Å². The summed E-state index contributed by atoms with van der Waals surface area (Å²) >= 11 is 0. The van der Waals surface area contributed by atoms with Gasteiger partial charge >= 0.3 is 0 Å². The summed E-state index contributed by atoms with van der Waals surface area (Å²) in [6.45, 7) is 1.36. The molecule has 2 aliphatic heterocycles. The third kappa shape index (κ3) is 3.27. The molecule has 1 saturated heterocycles. The number of carbonyl (C=O) groups excluding carboxylic acids is 3. The zero-order valence-electron chi connectivity index (χ0n) is 17.3. The van der Waals surface area contributed by atoms with Crippen molar-refractivity contribution in [3.8, 4) is 0 Å². The van der Waals surface area contributed by atoms with Crippen LogP contribution >= 0.6 is 0 Å². The van der Waals surface area contributed by atoms with Crippen LogP contribution in [0.15, 0.2) is 30.3 Å². The standard InChI is InChI=1S/C23H26FN3O3/c1-25-20(29)9-6-15(14-28)27-19-5-3-4-16-18(8-7-17(21(16)19)22(27)30)23(24)10-12-26(2)13-11-23/h3-5,7-8,14-15H,6,9-13H2,1-2H3,(H,25,29). The molecule has 0 bridgehead atoms. The summed E-state index contributed by atoms with van der Waals surface area (Å²) in [5.74, 6) is -0.466. The van der Waals surface area contributed by atoms with E-state index in [0.717, 1.165) is 5.39 Å². The smallest absolute Gasteiger partial charge is 0.259 e. The van der Waals surface area contributed by atoms with Gasteiger partial charge in [-0.3, -0.25) is 14.5 Å². The van der Waals surface area contributed by atoms with Gasteiger partial charge in [-0.05, 0) is 49.4 Å². The first-order valence-corrected chi connectivity index (χ1v) is 10.3. The van der Waals surface area contributed by atoms with E-state index in [0.29, 0.717) is 54.4 Å². The summed E-state index contributed by atoms with van der Waals surface area (Å²) in [4.78, 5) is 40.2. The third-order valence-electron chi connectivity index (χ3n) is 6.42. The van der Waals surface area contributed by atoms with Crippen LogP contribution in [0.3, 0.4) is 0 Å². The molecule has 1 atom stereocenters. The van der Waals surface area contributed by atoms with E-state index in [9.17, 15) is 14.4 Å². The molecular weight excluding hydrogens is 385 g/mol. The molecule has 0 saturated carbocycles. The molecule has 2 amide bonds. The number of anilines is 1. The van der Waals surface area contributed by atoms with Gasteiger partial charge < -0.3 is 15.0 Å². The number of hydrogen-bond acceptors (Lipinski definition) is 4. The van der Waals surface area contributed by atoms with Crippen LogP contribution in [0.4, 0.5) is 10.1 Å². The number of carbonyl (C=O) groups is 3. The lowest BCUT2D eigenvalue weighted by molar-refractivity contribution is -0.120. The van der Waals surface area contributed by atoms with Gasteiger partial charge in [0.25, 0.3) is 5.91 Å². The maximum atomic E-state index is 15.9. The van der Waals surface area contributed by atoms with Crippen LogP contribution in [0.2, 0.25) is 0 Å². The number of nitrogens with one attached hydrogen (secondary N) is 1. The fourth-order valence-corrected chi connectivity index (χ4v) is 4.63. The van der Waals surface area contributed by atoms with Crippen LogP contribution in [0.5, 0.6) is 0 Å². The van der Waals surface area contributed by atoms with Gasteiger partial charge in [-0.1, -0.05) is 18.2 Å². The molecule has 0 spiro atoms. The zero-order valence-corrected chi connectivity index (χ0v) is 17.3. The fraction of sp³-hybridized carbons (Fsp3) is 0.435. The Kier molecular flexibility index (Phi) is 5.32. The van der Waals surface area contributed by atoms with Gasteiger partial charge in [0.2, 0.25) is 5.91 Å². The molecule has 7 heteroatoms. The summed E-state index contributed by atoms with van der Waals surface area (Å²) in [6, 6.07) is 8.11. The van der Waals surface area contributed by atoms with Gasteiger partial charge in [-0.15, -0.1) is 0 Å². The highest BCUT2D eigenvalue weighted by atomic mass is 19.1. The van der Waals surface area contributed by atoms with Crippen molar-refractivity contribution in [1.29, 1.82) is 0 Å². The highest BCUT2D eigenvalue weighted by molar-refractivity contribution is 6.26. The predicted molar refractivity (Wildman–Crippen MR) is 113 cm³/mol. The van der Waals surface area contributed by atoms with Crippen molar-refractivity contribution >= 4 is 34.6 Å². The van der Waals surface area contributed by atoms with Gasteiger partial charge in [0.05, 0.1) is 11.7 Å². The Morgan fingerprint density at radius 2 is 2.00 bits per heavy atom. The van der Waals surface area contributed by atoms with Gasteiger partial charge in [0.15, 0.2) is 0 Å². The lowest BCUT2D eigenvalue weighted by Gasteiger charge is -2.35. The molecule has 2 heterocycles. The van der Waals surface area contributed by atoms with E-state index in [4.69, 9.17) is 0 Å². The number of likely N-dealkylation sites (tertiary alicyclic amines) is 1. The first-order chi connectivity index (χ1) is 14.4. The van der Waals surface area contributed by atoms with Crippen LogP contribution in [-0.2, 0) is 15.3 Å². The fourth-order valence-electron chi connectivity index (χ4n) is 4.63. The topological polar surface area (TPSA) is 69.7 Å². The lowest BCUT2D eigenvalue weighted by Crippen LogP contribution is -2.39. The summed E-state index contributed by atoms with van der Waals surface area (Å²) < 4.78 is 15.9. The van der Waals surface area contributed by atoms with Crippen molar-refractivity contribution in [2.45, 2.75) is 37.4 Å². The SMILES string of the molecule is CNC(=O)CCC(C=O)N1C(=O)c2ccc(C3(F)CCN(C)CC3)c3cccc1c23. The molecule has 1 fully saturated rings. The van der Waals surface area contributed by atoms with Gasteiger partial charge in [-0.25, -0.2) is 4.39 Å². The number of rotatable bonds is 6. The number of amides is 2. The Bertz CT molecular complexity index is 1010. The quantitative estimate of drug-likeness (QED) is 0.742. The Hall–Kier alpha value is -2.80. The highest BCUT2D eigenvalue weighted by Crippen LogP contribution is 2.46. The average molecular weight is 411 g/mol. The van der Waals surface area contributed by atoms with Crippen molar-refractivity contribution in [3.05, 3.63) is 41.5 Å². The minimum Gasteiger partial charge on any atom is -0.359 e. The largest absolute Gasteiger partial charge is 0.359 e. The van der Waals surface area contributed by atoms with Crippen LogP contribution in [0, 0.1) is 0 Å². The van der Waals surface area contributed by atoms with Crippen molar-refractivity contribution in [2.24, 2.45) is 0 Å². The number of benzene rings is 2. The molecule has 0 aliphatic carbocycles. The number of hydrogen-bond donors (Lipinski definition) is 1. The van der Waals surface area contributed by atoms with E-state index in [1.165, 1.54) is 11.9 Å². The first kappa shape index (κ1) is 20.5.